The van der Waals surface area contributed by atoms with E-state index in [0.29, 0.717) is 0 Å². The van der Waals surface area contributed by atoms with Crippen LogP contribution in [0.5, 0.6) is 0 Å². The van der Waals surface area contributed by atoms with Gasteiger partial charge in [0.15, 0.2) is 0 Å². The zero-order valence-corrected chi connectivity index (χ0v) is 3.59. The minimum Gasteiger partial charge on any atom is -0.192 e. The van der Waals surface area contributed by atoms with Crippen molar-refractivity contribution in [2.24, 2.45) is 0 Å². The average Bonchev–Trinajstić information content (AvgIpc) is 1.62. The molecule has 4 heteroatoms. The lowest BCUT2D eigenvalue weighted by molar-refractivity contribution is -0.108. The van der Waals surface area contributed by atoms with Gasteiger partial charge >= 0.3 is 6.18 Å². The van der Waals surface area contributed by atoms with Crippen molar-refractivity contribution in [2.75, 3.05) is 0 Å². The molecule has 45 valence electrons. The maximum Gasteiger partial charge on any atom is 0.450 e. The minimum absolute atomic E-state index is 0.830. The molecule has 0 bridgehead atoms. The number of hydrogen-bond donors (Lipinski definition) is 0. The lowest BCUT2D eigenvalue weighted by atomic mass is 10.5. The topological polar surface area (TPSA) is 0 Å². The predicted molar refractivity (Wildman–Crippen MR) is 18.5 cm³/mol. The van der Waals surface area contributed by atoms with E-state index in [4.69, 9.17) is 0 Å². The van der Waals surface area contributed by atoms with E-state index in [2.05, 4.69) is 6.58 Å². The molecule has 0 aliphatic rings. The van der Waals surface area contributed by atoms with Crippen molar-refractivity contribution in [1.82, 2.24) is 0 Å². The standard InChI is InChI=1S/C4HF4/c1-2-3(5)4(6,7)8/h1H. The summed E-state index contributed by atoms with van der Waals surface area (Å²) >= 11 is 0. The molecule has 8 heavy (non-hydrogen) atoms. The summed E-state index contributed by atoms with van der Waals surface area (Å²) in [6.45, 7) is 4.08. The summed E-state index contributed by atoms with van der Waals surface area (Å²) in [5, 5.41) is 0. The minimum atomic E-state index is -4.98. The lowest BCUT2D eigenvalue weighted by Gasteiger charge is -1.96. The molecule has 0 saturated heterocycles. The highest BCUT2D eigenvalue weighted by atomic mass is 19.4. The molecular formula is C4HF4. The summed E-state index contributed by atoms with van der Waals surface area (Å²) in [5.74, 6) is -2.39. The molecule has 0 aliphatic carbocycles. The number of rotatable bonds is 0. The van der Waals surface area contributed by atoms with Gasteiger partial charge in [-0.3, -0.25) is 0 Å². The molecule has 0 nitrogen and oxygen atoms in total. The first-order valence-corrected chi connectivity index (χ1v) is 1.54. The van der Waals surface area contributed by atoms with Crippen LogP contribution in [-0.4, -0.2) is 6.18 Å². The molecule has 0 aromatic heterocycles. The van der Waals surface area contributed by atoms with Crippen LogP contribution < -0.4 is 0 Å². The fraction of sp³-hybridized carbons (Fsp3) is 0.250. The van der Waals surface area contributed by atoms with Crippen LogP contribution in [-0.2, 0) is 0 Å². The van der Waals surface area contributed by atoms with E-state index in [1.165, 1.54) is 0 Å². The highest BCUT2D eigenvalue weighted by Gasteiger charge is 2.34. The molecule has 0 atom stereocenters. The maximum absolute atomic E-state index is 11.2. The number of alkyl halides is 3. The van der Waals surface area contributed by atoms with Crippen molar-refractivity contribution < 1.29 is 17.6 Å². The van der Waals surface area contributed by atoms with E-state index in [1.54, 1.807) is 0 Å². The van der Waals surface area contributed by atoms with Crippen molar-refractivity contribution in [2.45, 2.75) is 6.18 Å². The molecule has 0 fully saturated rings. The van der Waals surface area contributed by atoms with Crippen molar-refractivity contribution in [1.29, 1.82) is 0 Å². The van der Waals surface area contributed by atoms with Crippen LogP contribution in [0.1, 0.15) is 0 Å². The van der Waals surface area contributed by atoms with Crippen molar-refractivity contribution in [3.63, 3.8) is 0 Å². The first-order valence-electron chi connectivity index (χ1n) is 1.54. The van der Waals surface area contributed by atoms with Gasteiger partial charge in [-0.05, 0) is 6.58 Å². The summed E-state index contributed by atoms with van der Waals surface area (Å²) < 4.78 is 43.9. The van der Waals surface area contributed by atoms with Gasteiger partial charge in [-0.1, -0.05) is 5.73 Å². The lowest BCUT2D eigenvalue weighted by Crippen LogP contribution is -2.06. The third kappa shape index (κ3) is 1.80. The van der Waals surface area contributed by atoms with E-state index in [0.717, 1.165) is 5.73 Å². The van der Waals surface area contributed by atoms with Gasteiger partial charge in [-0.25, -0.2) is 0 Å². The van der Waals surface area contributed by atoms with Gasteiger partial charge in [0, 0.05) is 0 Å². The highest BCUT2D eigenvalue weighted by Crippen LogP contribution is 2.24. The third-order valence-corrected chi connectivity index (χ3v) is 0.376. The fourth-order valence-electron chi connectivity index (χ4n) is 0.0818. The van der Waals surface area contributed by atoms with Crippen molar-refractivity contribution in [3.05, 3.63) is 18.1 Å². The normalized spacial score (nSPS) is 10.5. The van der Waals surface area contributed by atoms with E-state index in [-0.39, 0.29) is 0 Å². The zero-order valence-electron chi connectivity index (χ0n) is 3.59. The Morgan fingerprint density at radius 2 is 1.75 bits per heavy atom. The smallest absolute Gasteiger partial charge is 0.192 e. The Morgan fingerprint density at radius 3 is 1.75 bits per heavy atom. The van der Waals surface area contributed by atoms with Crippen molar-refractivity contribution >= 4 is 0 Å². The monoisotopic (exact) mass is 125 g/mol. The SMILES string of the molecule is [CH]=C=C(F)C(F)(F)F. The van der Waals surface area contributed by atoms with Crippen LogP contribution in [0.2, 0.25) is 0 Å². The van der Waals surface area contributed by atoms with Crippen molar-refractivity contribution in [3.8, 4) is 0 Å². The Hall–Kier alpha value is -0.760. The average molecular weight is 125 g/mol. The number of allylic oxidation sites excluding steroid dienone is 1. The summed E-state index contributed by atoms with van der Waals surface area (Å²) in [6, 6.07) is 0. The summed E-state index contributed by atoms with van der Waals surface area (Å²) in [7, 11) is 0. The molecule has 0 amide bonds. The van der Waals surface area contributed by atoms with Crippen LogP contribution in [0.25, 0.3) is 0 Å². The Balaban J connectivity index is 4.26. The summed E-state index contributed by atoms with van der Waals surface area (Å²) in [6.07, 6.45) is -4.98. The summed E-state index contributed by atoms with van der Waals surface area (Å²) in [5.41, 5.74) is 0.830. The Morgan fingerprint density at radius 1 is 1.38 bits per heavy atom. The molecule has 0 saturated carbocycles. The molecule has 0 rings (SSSR count). The molecule has 0 spiro atoms. The molecule has 0 aromatic carbocycles. The molecule has 0 aromatic rings. The van der Waals surface area contributed by atoms with Crippen LogP contribution in [0.3, 0.4) is 0 Å². The molecule has 0 unspecified atom stereocenters. The second-order valence-corrected chi connectivity index (χ2v) is 0.956. The van der Waals surface area contributed by atoms with E-state index in [1.807, 2.05) is 0 Å². The Labute approximate surface area is 43.1 Å². The first-order chi connectivity index (χ1) is 3.48. The third-order valence-electron chi connectivity index (χ3n) is 0.376. The molecule has 0 heterocycles. The molecule has 0 aliphatic heterocycles. The van der Waals surface area contributed by atoms with Crippen LogP contribution >= 0.6 is 0 Å². The van der Waals surface area contributed by atoms with E-state index in [9.17, 15) is 17.6 Å². The van der Waals surface area contributed by atoms with Crippen LogP contribution in [0.4, 0.5) is 17.6 Å². The van der Waals surface area contributed by atoms with E-state index < -0.39 is 12.0 Å². The zero-order chi connectivity index (χ0) is 6.78. The van der Waals surface area contributed by atoms with Gasteiger partial charge in [-0.2, -0.15) is 17.6 Å². The van der Waals surface area contributed by atoms with E-state index >= 15 is 0 Å². The largest absolute Gasteiger partial charge is 0.450 e. The van der Waals surface area contributed by atoms with Gasteiger partial charge in [0.1, 0.15) is 0 Å². The Kier molecular flexibility index (Phi) is 1.82. The molecule has 0 N–H and O–H groups in total. The second kappa shape index (κ2) is 2.01. The maximum atomic E-state index is 11.2. The number of hydrogen-bond acceptors (Lipinski definition) is 0. The Bertz CT molecular complexity index is 125. The first kappa shape index (κ1) is 7.24. The fourth-order valence-corrected chi connectivity index (χ4v) is 0.0818. The predicted octanol–water partition coefficient (Wildman–Crippen LogP) is 1.99. The second-order valence-electron chi connectivity index (χ2n) is 0.956. The van der Waals surface area contributed by atoms with Gasteiger partial charge in [-0.15, -0.1) is 0 Å². The number of halogens is 4. The summed E-state index contributed by atoms with van der Waals surface area (Å²) in [4.78, 5) is 0. The van der Waals surface area contributed by atoms with Crippen LogP contribution in [0.15, 0.2) is 11.6 Å². The van der Waals surface area contributed by atoms with Gasteiger partial charge in [0.2, 0.25) is 5.83 Å². The van der Waals surface area contributed by atoms with Gasteiger partial charge < -0.3 is 0 Å². The van der Waals surface area contributed by atoms with Crippen LogP contribution in [0, 0.1) is 6.58 Å². The molecule has 1 radical (unpaired) electrons. The quantitative estimate of drug-likeness (QED) is 0.343. The molecular weight excluding hydrogens is 124 g/mol. The van der Waals surface area contributed by atoms with Gasteiger partial charge in [0.05, 0.1) is 0 Å². The highest BCUT2D eigenvalue weighted by molar-refractivity contribution is 4.93. The van der Waals surface area contributed by atoms with Gasteiger partial charge in [0.25, 0.3) is 0 Å².